The average molecular weight is 358 g/mol. The van der Waals surface area contributed by atoms with E-state index in [1.165, 1.54) is 4.57 Å². The maximum Gasteiger partial charge on any atom is 0.420 e. The minimum atomic E-state index is -0.470. The Morgan fingerprint density at radius 3 is 2.80 bits per heavy atom. The maximum atomic E-state index is 12.1. The Bertz CT molecular complexity index is 1020. The number of benzene rings is 2. The molecule has 2 N–H and O–H groups in total. The number of fused-ring (bicyclic) bond motifs is 1. The van der Waals surface area contributed by atoms with Crippen LogP contribution in [0.15, 0.2) is 58.3 Å². The monoisotopic (exact) mass is 357 g/mol. The molecule has 0 saturated carbocycles. The number of hydrogen-bond acceptors (Lipinski definition) is 3. The number of rotatable bonds is 4. The van der Waals surface area contributed by atoms with Crippen LogP contribution in [-0.2, 0) is 6.54 Å². The zero-order chi connectivity index (χ0) is 18.0. The van der Waals surface area contributed by atoms with Crippen LogP contribution in [0.3, 0.4) is 0 Å². The Balaban J connectivity index is 1.79. The molecule has 1 heterocycles. The molecule has 3 aromatic rings. The number of aryl methyl sites for hydroxylation is 1. The van der Waals surface area contributed by atoms with E-state index < -0.39 is 11.8 Å². The number of carbonyl (C=O) groups excluding carboxylic acids is 1. The van der Waals surface area contributed by atoms with Gasteiger partial charge in [0, 0.05) is 18.3 Å². The highest BCUT2D eigenvalue weighted by molar-refractivity contribution is 6.33. The molecule has 0 atom stereocenters. The fourth-order valence-corrected chi connectivity index (χ4v) is 2.73. The number of urea groups is 1. The standard InChI is InChI=1S/C18H16ClN3O3/c1-3-8-22-15-7-5-12(10-16(15)25-18(22)24)20-17(23)21-14-6-4-11(2)9-13(14)19/h3-7,9-10H,1,8H2,2H3,(H2,20,21,23). The lowest BCUT2D eigenvalue weighted by Gasteiger charge is -2.09. The second-order valence-corrected chi connectivity index (χ2v) is 5.92. The zero-order valence-electron chi connectivity index (χ0n) is 13.5. The molecule has 0 fully saturated rings. The molecule has 25 heavy (non-hydrogen) atoms. The molecule has 0 saturated heterocycles. The Morgan fingerprint density at radius 2 is 2.08 bits per heavy atom. The van der Waals surface area contributed by atoms with Crippen LogP contribution >= 0.6 is 11.6 Å². The molecule has 128 valence electrons. The number of hydrogen-bond donors (Lipinski definition) is 2. The van der Waals surface area contributed by atoms with Crippen molar-refractivity contribution in [3.63, 3.8) is 0 Å². The van der Waals surface area contributed by atoms with Crippen molar-refractivity contribution in [2.45, 2.75) is 13.5 Å². The van der Waals surface area contributed by atoms with Gasteiger partial charge in [-0.25, -0.2) is 9.59 Å². The van der Waals surface area contributed by atoms with Gasteiger partial charge in [-0.15, -0.1) is 6.58 Å². The average Bonchev–Trinajstić information content (AvgIpc) is 2.86. The summed E-state index contributed by atoms with van der Waals surface area (Å²) in [5.41, 5.74) is 3.03. The Kier molecular flexibility index (Phi) is 4.63. The molecule has 2 amide bonds. The molecule has 3 rings (SSSR count). The first-order valence-electron chi connectivity index (χ1n) is 7.56. The van der Waals surface area contributed by atoms with Gasteiger partial charge in [0.25, 0.3) is 0 Å². The Labute approximate surface area is 148 Å². The summed E-state index contributed by atoms with van der Waals surface area (Å²) < 4.78 is 6.65. The topological polar surface area (TPSA) is 76.3 Å². The number of halogens is 1. The molecule has 6 nitrogen and oxygen atoms in total. The van der Waals surface area contributed by atoms with Gasteiger partial charge in [-0.1, -0.05) is 23.7 Å². The van der Waals surface area contributed by atoms with E-state index in [2.05, 4.69) is 17.2 Å². The molecule has 0 unspecified atom stereocenters. The first-order valence-corrected chi connectivity index (χ1v) is 7.94. The maximum absolute atomic E-state index is 12.1. The van der Waals surface area contributed by atoms with Gasteiger partial charge in [0.1, 0.15) is 0 Å². The number of nitrogens with zero attached hydrogens (tertiary/aromatic N) is 1. The van der Waals surface area contributed by atoms with Crippen LogP contribution in [0.4, 0.5) is 16.2 Å². The van der Waals surface area contributed by atoms with Crippen molar-refractivity contribution in [1.82, 2.24) is 4.57 Å². The minimum absolute atomic E-state index is 0.352. The first-order chi connectivity index (χ1) is 12.0. The number of carbonyl (C=O) groups is 1. The third-order valence-corrected chi connectivity index (χ3v) is 3.92. The van der Waals surface area contributed by atoms with E-state index in [0.717, 1.165) is 5.56 Å². The van der Waals surface area contributed by atoms with Crippen molar-refractivity contribution in [2.75, 3.05) is 10.6 Å². The molecule has 0 radical (unpaired) electrons. The molecular weight excluding hydrogens is 342 g/mol. The molecule has 7 heteroatoms. The van der Waals surface area contributed by atoms with Crippen LogP contribution in [0.1, 0.15) is 5.56 Å². The fourth-order valence-electron chi connectivity index (χ4n) is 2.45. The van der Waals surface area contributed by atoms with E-state index in [1.54, 1.807) is 36.4 Å². The highest BCUT2D eigenvalue weighted by Crippen LogP contribution is 2.23. The number of aromatic nitrogens is 1. The normalized spacial score (nSPS) is 10.6. The minimum Gasteiger partial charge on any atom is -0.408 e. The van der Waals surface area contributed by atoms with Gasteiger partial charge < -0.3 is 15.1 Å². The Hall–Kier alpha value is -2.99. The third kappa shape index (κ3) is 3.59. The number of oxazole rings is 1. The van der Waals surface area contributed by atoms with E-state index in [1.807, 2.05) is 13.0 Å². The fraction of sp³-hybridized carbons (Fsp3) is 0.111. The van der Waals surface area contributed by atoms with Gasteiger partial charge in [-0.3, -0.25) is 4.57 Å². The van der Waals surface area contributed by atoms with Crippen molar-refractivity contribution in [3.05, 3.63) is 70.2 Å². The third-order valence-electron chi connectivity index (χ3n) is 3.61. The predicted molar refractivity (Wildman–Crippen MR) is 99.5 cm³/mol. The van der Waals surface area contributed by atoms with Gasteiger partial charge in [0.05, 0.1) is 16.2 Å². The molecule has 0 aliphatic carbocycles. The highest BCUT2D eigenvalue weighted by atomic mass is 35.5. The van der Waals surface area contributed by atoms with E-state index in [4.69, 9.17) is 16.0 Å². The van der Waals surface area contributed by atoms with Crippen molar-refractivity contribution < 1.29 is 9.21 Å². The van der Waals surface area contributed by atoms with Crippen LogP contribution in [0.25, 0.3) is 11.1 Å². The summed E-state index contributed by atoms with van der Waals surface area (Å²) in [6.07, 6.45) is 1.61. The number of allylic oxidation sites excluding steroid dienone is 1. The highest BCUT2D eigenvalue weighted by Gasteiger charge is 2.11. The van der Waals surface area contributed by atoms with Crippen molar-refractivity contribution in [1.29, 1.82) is 0 Å². The van der Waals surface area contributed by atoms with Crippen LogP contribution in [0.2, 0.25) is 5.02 Å². The largest absolute Gasteiger partial charge is 0.420 e. The van der Waals surface area contributed by atoms with E-state index in [-0.39, 0.29) is 0 Å². The number of nitrogens with one attached hydrogen (secondary N) is 2. The molecule has 0 bridgehead atoms. The molecular formula is C18H16ClN3O3. The smallest absolute Gasteiger partial charge is 0.408 e. The van der Waals surface area contributed by atoms with Crippen LogP contribution in [0.5, 0.6) is 0 Å². The van der Waals surface area contributed by atoms with Gasteiger partial charge in [0.2, 0.25) is 0 Å². The van der Waals surface area contributed by atoms with E-state index >= 15 is 0 Å². The Morgan fingerprint density at radius 1 is 1.28 bits per heavy atom. The summed E-state index contributed by atoms with van der Waals surface area (Å²) in [4.78, 5) is 23.9. The SMILES string of the molecule is C=CCn1c(=O)oc2cc(NC(=O)Nc3ccc(C)cc3Cl)ccc21. The van der Waals surface area contributed by atoms with Crippen LogP contribution in [-0.4, -0.2) is 10.6 Å². The van der Waals surface area contributed by atoms with Gasteiger partial charge in [-0.2, -0.15) is 0 Å². The van der Waals surface area contributed by atoms with Crippen molar-refractivity contribution >= 4 is 40.1 Å². The molecule has 2 aromatic carbocycles. The molecule has 1 aromatic heterocycles. The molecule has 0 aliphatic heterocycles. The zero-order valence-corrected chi connectivity index (χ0v) is 14.3. The quantitative estimate of drug-likeness (QED) is 0.680. The lowest BCUT2D eigenvalue weighted by Crippen LogP contribution is -2.19. The van der Waals surface area contributed by atoms with E-state index in [9.17, 15) is 9.59 Å². The van der Waals surface area contributed by atoms with Crippen molar-refractivity contribution in [3.8, 4) is 0 Å². The molecule has 0 aliphatic rings. The summed E-state index contributed by atoms with van der Waals surface area (Å²) in [5.74, 6) is -0.470. The van der Waals surface area contributed by atoms with Gasteiger partial charge >= 0.3 is 11.8 Å². The predicted octanol–water partition coefficient (Wildman–Crippen LogP) is 4.39. The lowest BCUT2D eigenvalue weighted by molar-refractivity contribution is 0.262. The molecule has 0 spiro atoms. The van der Waals surface area contributed by atoms with Crippen molar-refractivity contribution in [2.24, 2.45) is 0 Å². The van der Waals surface area contributed by atoms with Gasteiger partial charge in [-0.05, 0) is 36.8 Å². The summed E-state index contributed by atoms with van der Waals surface area (Å²) in [5, 5.41) is 5.82. The van der Waals surface area contributed by atoms with Crippen LogP contribution < -0.4 is 16.4 Å². The summed E-state index contributed by atoms with van der Waals surface area (Å²) in [6, 6.07) is 9.88. The number of amides is 2. The summed E-state index contributed by atoms with van der Waals surface area (Å²) in [6.45, 7) is 5.88. The summed E-state index contributed by atoms with van der Waals surface area (Å²) in [7, 11) is 0. The summed E-state index contributed by atoms with van der Waals surface area (Å²) >= 11 is 6.10. The first kappa shape index (κ1) is 16.9. The number of anilines is 2. The second kappa shape index (κ2) is 6.86. The van der Waals surface area contributed by atoms with E-state index in [0.29, 0.717) is 34.0 Å². The lowest BCUT2D eigenvalue weighted by atomic mass is 10.2. The second-order valence-electron chi connectivity index (χ2n) is 5.51. The van der Waals surface area contributed by atoms with Gasteiger partial charge in [0.15, 0.2) is 5.58 Å². The van der Waals surface area contributed by atoms with Crippen LogP contribution in [0, 0.1) is 6.92 Å².